The van der Waals surface area contributed by atoms with Crippen LogP contribution in [0.25, 0.3) is 0 Å². The Morgan fingerprint density at radius 3 is 2.61 bits per heavy atom. The Morgan fingerprint density at radius 1 is 1.22 bits per heavy atom. The average molecular weight is 248 g/mol. The zero-order chi connectivity index (χ0) is 12.3. The molecule has 4 fully saturated rings. The van der Waals surface area contributed by atoms with E-state index in [1.165, 1.54) is 19.3 Å². The van der Waals surface area contributed by atoms with Gasteiger partial charge < -0.3 is 10.2 Å². The maximum absolute atomic E-state index is 12.4. The summed E-state index contributed by atoms with van der Waals surface area (Å²) in [7, 11) is 0. The Kier molecular flexibility index (Phi) is 2.48. The predicted molar refractivity (Wildman–Crippen MR) is 70.0 cm³/mol. The molecule has 0 aromatic rings. The van der Waals surface area contributed by atoms with E-state index in [1.807, 2.05) is 0 Å². The third kappa shape index (κ3) is 1.43. The van der Waals surface area contributed by atoms with Gasteiger partial charge in [-0.3, -0.25) is 4.79 Å². The number of hydrogen-bond acceptors (Lipinski definition) is 2. The van der Waals surface area contributed by atoms with Crippen molar-refractivity contribution in [2.24, 2.45) is 23.7 Å². The minimum Gasteiger partial charge on any atom is -0.338 e. The number of nitrogens with one attached hydrogen (secondary N) is 1. The van der Waals surface area contributed by atoms with E-state index in [-0.39, 0.29) is 6.04 Å². The minimum absolute atomic E-state index is 0.129. The SMILES string of the molecule is CCCNC1CCN(C2C3C4CCC(C4)C32)C1=O. The molecule has 3 saturated carbocycles. The molecule has 5 atom stereocenters. The van der Waals surface area contributed by atoms with Crippen molar-refractivity contribution in [3.8, 4) is 0 Å². The Labute approximate surface area is 109 Å². The maximum atomic E-state index is 12.4. The Balaban J connectivity index is 1.41. The van der Waals surface area contributed by atoms with E-state index in [0.29, 0.717) is 11.9 Å². The normalized spacial score (nSPS) is 48.9. The van der Waals surface area contributed by atoms with Crippen molar-refractivity contribution in [1.29, 1.82) is 0 Å². The number of rotatable bonds is 4. The summed E-state index contributed by atoms with van der Waals surface area (Å²) in [6.45, 7) is 4.15. The molecule has 5 unspecified atom stereocenters. The second-order valence-electron chi connectivity index (χ2n) is 6.81. The standard InChI is InChI=1S/C15H24N2O/c1-2-6-16-11-5-7-17(15(11)18)14-12-9-3-4-10(8-9)13(12)14/h9-14,16H,2-8H2,1H3. The van der Waals surface area contributed by atoms with Gasteiger partial charge in [-0.15, -0.1) is 0 Å². The Bertz CT molecular complexity index is 354. The highest BCUT2D eigenvalue weighted by Gasteiger charge is 2.68. The van der Waals surface area contributed by atoms with Crippen LogP contribution in [0.3, 0.4) is 0 Å². The number of fused-ring (bicyclic) bond motifs is 5. The van der Waals surface area contributed by atoms with Gasteiger partial charge in [-0.2, -0.15) is 0 Å². The quantitative estimate of drug-likeness (QED) is 0.820. The van der Waals surface area contributed by atoms with Crippen LogP contribution in [0.4, 0.5) is 0 Å². The Morgan fingerprint density at radius 2 is 1.94 bits per heavy atom. The molecule has 0 spiro atoms. The summed E-state index contributed by atoms with van der Waals surface area (Å²) >= 11 is 0. The summed E-state index contributed by atoms with van der Waals surface area (Å²) in [6, 6.07) is 0.779. The maximum Gasteiger partial charge on any atom is 0.240 e. The summed E-state index contributed by atoms with van der Waals surface area (Å²) in [6.07, 6.45) is 6.52. The van der Waals surface area contributed by atoms with E-state index in [0.717, 1.165) is 49.6 Å². The fraction of sp³-hybridized carbons (Fsp3) is 0.933. The van der Waals surface area contributed by atoms with E-state index in [2.05, 4.69) is 17.1 Å². The highest BCUT2D eigenvalue weighted by Crippen LogP contribution is 2.67. The largest absolute Gasteiger partial charge is 0.338 e. The summed E-state index contributed by atoms with van der Waals surface area (Å²) in [5, 5.41) is 3.41. The number of amides is 1. The second kappa shape index (κ2) is 3.96. The number of nitrogens with zero attached hydrogens (tertiary/aromatic N) is 1. The monoisotopic (exact) mass is 248 g/mol. The molecule has 1 heterocycles. The molecule has 0 aromatic heterocycles. The molecule has 3 heteroatoms. The molecule has 1 aliphatic heterocycles. The Hall–Kier alpha value is -0.570. The highest BCUT2D eigenvalue weighted by molar-refractivity contribution is 5.84. The van der Waals surface area contributed by atoms with Crippen molar-refractivity contribution in [2.75, 3.05) is 13.1 Å². The van der Waals surface area contributed by atoms with Gasteiger partial charge in [0.05, 0.1) is 6.04 Å². The number of hydrogen-bond donors (Lipinski definition) is 1. The van der Waals surface area contributed by atoms with Crippen molar-refractivity contribution in [3.05, 3.63) is 0 Å². The van der Waals surface area contributed by atoms with Crippen LogP contribution < -0.4 is 5.32 Å². The van der Waals surface area contributed by atoms with Gasteiger partial charge in [-0.05, 0) is 62.3 Å². The average Bonchev–Trinajstić information content (AvgIpc) is 2.73. The molecule has 4 aliphatic rings. The second-order valence-corrected chi connectivity index (χ2v) is 6.81. The first-order valence-electron chi connectivity index (χ1n) is 7.85. The molecule has 1 saturated heterocycles. The van der Waals surface area contributed by atoms with Crippen molar-refractivity contribution in [2.45, 2.75) is 51.1 Å². The molecule has 2 bridgehead atoms. The third-order valence-corrected chi connectivity index (χ3v) is 5.94. The molecule has 0 aromatic carbocycles. The van der Waals surface area contributed by atoms with Gasteiger partial charge in [-0.25, -0.2) is 0 Å². The van der Waals surface area contributed by atoms with Crippen LogP contribution in [0.15, 0.2) is 0 Å². The van der Waals surface area contributed by atoms with E-state index in [4.69, 9.17) is 0 Å². The zero-order valence-corrected chi connectivity index (χ0v) is 11.3. The third-order valence-electron chi connectivity index (χ3n) is 5.94. The molecule has 3 nitrogen and oxygen atoms in total. The molecular formula is C15H24N2O. The van der Waals surface area contributed by atoms with Crippen LogP contribution in [0, 0.1) is 23.7 Å². The summed E-state index contributed by atoms with van der Waals surface area (Å²) < 4.78 is 0. The molecule has 18 heavy (non-hydrogen) atoms. The topological polar surface area (TPSA) is 32.3 Å². The van der Waals surface area contributed by atoms with Gasteiger partial charge in [0.15, 0.2) is 0 Å². The number of carbonyl (C=O) groups is 1. The van der Waals surface area contributed by atoms with Crippen LogP contribution in [-0.2, 0) is 4.79 Å². The molecule has 100 valence electrons. The summed E-state index contributed by atoms with van der Waals surface area (Å²) in [5.41, 5.74) is 0. The van der Waals surface area contributed by atoms with Gasteiger partial charge in [-0.1, -0.05) is 6.92 Å². The van der Waals surface area contributed by atoms with Gasteiger partial charge in [0.1, 0.15) is 0 Å². The first-order valence-corrected chi connectivity index (χ1v) is 7.85. The van der Waals surface area contributed by atoms with Crippen LogP contribution in [0.1, 0.15) is 39.0 Å². The van der Waals surface area contributed by atoms with Gasteiger partial charge in [0.25, 0.3) is 0 Å². The van der Waals surface area contributed by atoms with E-state index in [9.17, 15) is 4.79 Å². The van der Waals surface area contributed by atoms with Crippen LogP contribution in [-0.4, -0.2) is 36.0 Å². The van der Waals surface area contributed by atoms with Crippen LogP contribution in [0.5, 0.6) is 0 Å². The number of carbonyl (C=O) groups excluding carboxylic acids is 1. The smallest absolute Gasteiger partial charge is 0.240 e. The van der Waals surface area contributed by atoms with Crippen molar-refractivity contribution >= 4 is 5.91 Å². The van der Waals surface area contributed by atoms with Gasteiger partial charge in [0.2, 0.25) is 5.91 Å². The first-order chi connectivity index (χ1) is 8.81. The lowest BCUT2D eigenvalue weighted by Gasteiger charge is -2.21. The lowest BCUT2D eigenvalue weighted by Crippen LogP contribution is -2.40. The lowest BCUT2D eigenvalue weighted by atomic mass is 10.0. The van der Waals surface area contributed by atoms with Gasteiger partial charge >= 0.3 is 0 Å². The van der Waals surface area contributed by atoms with Crippen LogP contribution >= 0.6 is 0 Å². The molecule has 3 aliphatic carbocycles. The predicted octanol–water partition coefficient (Wildman–Crippen LogP) is 1.63. The van der Waals surface area contributed by atoms with Gasteiger partial charge in [0, 0.05) is 12.6 Å². The molecule has 1 N–H and O–H groups in total. The summed E-state index contributed by atoms with van der Waals surface area (Å²) in [5.74, 6) is 4.15. The number of likely N-dealkylation sites (tertiary alicyclic amines) is 1. The van der Waals surface area contributed by atoms with Crippen molar-refractivity contribution in [3.63, 3.8) is 0 Å². The van der Waals surface area contributed by atoms with E-state index in [1.54, 1.807) is 0 Å². The zero-order valence-electron chi connectivity index (χ0n) is 11.3. The van der Waals surface area contributed by atoms with E-state index < -0.39 is 0 Å². The summed E-state index contributed by atoms with van der Waals surface area (Å²) in [4.78, 5) is 14.7. The highest BCUT2D eigenvalue weighted by atomic mass is 16.2. The fourth-order valence-electron chi connectivity index (χ4n) is 5.20. The molecule has 4 rings (SSSR count). The molecular weight excluding hydrogens is 224 g/mol. The first kappa shape index (κ1) is 11.3. The van der Waals surface area contributed by atoms with Crippen LogP contribution in [0.2, 0.25) is 0 Å². The fourth-order valence-corrected chi connectivity index (χ4v) is 5.20. The van der Waals surface area contributed by atoms with Crippen molar-refractivity contribution < 1.29 is 4.79 Å². The molecule has 0 radical (unpaired) electrons. The van der Waals surface area contributed by atoms with E-state index >= 15 is 0 Å². The molecule has 1 amide bonds. The minimum atomic E-state index is 0.129. The lowest BCUT2D eigenvalue weighted by molar-refractivity contribution is -0.130. The van der Waals surface area contributed by atoms with Crippen molar-refractivity contribution in [1.82, 2.24) is 10.2 Å².